The van der Waals surface area contributed by atoms with Gasteiger partial charge in [-0.2, -0.15) is 0 Å². The van der Waals surface area contributed by atoms with E-state index in [2.05, 4.69) is 18.7 Å². The summed E-state index contributed by atoms with van der Waals surface area (Å²) in [6.45, 7) is 9.72. The molecule has 1 unspecified atom stereocenters. The summed E-state index contributed by atoms with van der Waals surface area (Å²) >= 11 is 0. The molecule has 0 radical (unpaired) electrons. The van der Waals surface area contributed by atoms with E-state index >= 15 is 0 Å². The molecule has 0 amide bonds. The molecule has 1 rings (SSSR count). The summed E-state index contributed by atoms with van der Waals surface area (Å²) in [5, 5.41) is 0. The monoisotopic (exact) mass is 203 g/mol. The van der Waals surface area contributed by atoms with Crippen LogP contribution in [0, 0.1) is 0 Å². The fourth-order valence-corrected chi connectivity index (χ4v) is 1.74. The van der Waals surface area contributed by atoms with E-state index in [1.54, 1.807) is 0 Å². The van der Waals surface area contributed by atoms with Gasteiger partial charge in [0.25, 0.3) is 0 Å². The lowest BCUT2D eigenvalue weighted by Gasteiger charge is -2.24. The molecule has 0 bridgehead atoms. The van der Waals surface area contributed by atoms with E-state index in [4.69, 9.17) is 4.74 Å². The van der Waals surface area contributed by atoms with Crippen LogP contribution in [0.5, 0.6) is 0 Å². The van der Waals surface area contributed by atoms with E-state index in [-0.39, 0.29) is 12.7 Å². The van der Waals surface area contributed by atoms with Gasteiger partial charge < -0.3 is 4.74 Å². The molecule has 1 aliphatic rings. The minimum Gasteiger partial charge on any atom is -0.375 e. The number of hydrogen-bond acceptors (Lipinski definition) is 2. The third-order valence-electron chi connectivity index (χ3n) is 2.74. The fraction of sp³-hybridized carbons (Fsp3) is 1.00. The fourth-order valence-electron chi connectivity index (χ4n) is 1.74. The van der Waals surface area contributed by atoms with E-state index in [1.165, 1.54) is 0 Å². The summed E-state index contributed by atoms with van der Waals surface area (Å²) in [6, 6.07) is 0.437. The second-order valence-corrected chi connectivity index (χ2v) is 4.82. The molecule has 0 spiro atoms. The smallest absolute Gasteiger partial charge is 0.148 e. The van der Waals surface area contributed by atoms with Gasteiger partial charge in [-0.1, -0.05) is 0 Å². The van der Waals surface area contributed by atoms with Crippen molar-refractivity contribution in [3.05, 3.63) is 0 Å². The molecule has 1 saturated heterocycles. The third kappa shape index (κ3) is 3.21. The molecule has 0 aliphatic carbocycles. The van der Waals surface area contributed by atoms with E-state index in [1.807, 2.05) is 13.8 Å². The highest BCUT2D eigenvalue weighted by molar-refractivity contribution is 4.91. The summed E-state index contributed by atoms with van der Waals surface area (Å²) < 4.78 is 19.5. The first-order chi connectivity index (χ1) is 6.43. The van der Waals surface area contributed by atoms with Crippen molar-refractivity contribution >= 4 is 0 Å². The number of halogens is 1. The lowest BCUT2D eigenvalue weighted by atomic mass is 10.1. The van der Waals surface area contributed by atoms with Crippen LogP contribution in [-0.2, 0) is 4.74 Å². The van der Waals surface area contributed by atoms with Crippen molar-refractivity contribution in [2.75, 3.05) is 19.7 Å². The van der Waals surface area contributed by atoms with Gasteiger partial charge in [-0.25, -0.2) is 4.39 Å². The molecule has 0 N–H and O–H groups in total. The van der Waals surface area contributed by atoms with Crippen molar-refractivity contribution in [1.29, 1.82) is 0 Å². The Bertz CT molecular complexity index is 184. The maximum absolute atomic E-state index is 14.1. The molecule has 1 atom stereocenters. The average Bonchev–Trinajstić information content (AvgIpc) is 2.46. The van der Waals surface area contributed by atoms with Crippen LogP contribution in [0.4, 0.5) is 4.39 Å². The topological polar surface area (TPSA) is 12.5 Å². The van der Waals surface area contributed by atoms with Crippen molar-refractivity contribution in [3.63, 3.8) is 0 Å². The summed E-state index contributed by atoms with van der Waals surface area (Å²) in [5.41, 5.74) is -1.12. The molecule has 3 heteroatoms. The van der Waals surface area contributed by atoms with Gasteiger partial charge in [-0.3, -0.25) is 4.90 Å². The van der Waals surface area contributed by atoms with Crippen LogP contribution in [0.15, 0.2) is 0 Å². The van der Waals surface area contributed by atoms with Crippen LogP contribution in [0.1, 0.15) is 34.1 Å². The van der Waals surface area contributed by atoms with Gasteiger partial charge in [0.1, 0.15) is 5.67 Å². The van der Waals surface area contributed by atoms with E-state index < -0.39 is 5.67 Å². The minimum atomic E-state index is -1.12. The molecule has 1 fully saturated rings. The van der Waals surface area contributed by atoms with Gasteiger partial charge in [0, 0.05) is 19.1 Å². The zero-order valence-corrected chi connectivity index (χ0v) is 9.72. The maximum atomic E-state index is 14.1. The first-order valence-corrected chi connectivity index (χ1v) is 5.47. The Morgan fingerprint density at radius 2 is 2.00 bits per heavy atom. The Morgan fingerprint density at radius 3 is 2.43 bits per heavy atom. The Morgan fingerprint density at radius 1 is 1.36 bits per heavy atom. The first-order valence-electron chi connectivity index (χ1n) is 5.47. The number of likely N-dealkylation sites (tertiary alicyclic amines) is 1. The summed E-state index contributed by atoms with van der Waals surface area (Å²) in [4.78, 5) is 2.17. The van der Waals surface area contributed by atoms with Crippen molar-refractivity contribution in [2.24, 2.45) is 0 Å². The molecule has 1 aliphatic heterocycles. The molecule has 0 aromatic carbocycles. The summed E-state index contributed by atoms with van der Waals surface area (Å²) in [7, 11) is 0. The number of ether oxygens (including phenoxy) is 1. The van der Waals surface area contributed by atoms with E-state index in [0.717, 1.165) is 6.54 Å². The Balaban J connectivity index is 2.37. The first kappa shape index (κ1) is 11.9. The second-order valence-electron chi connectivity index (χ2n) is 4.82. The molecule has 84 valence electrons. The van der Waals surface area contributed by atoms with Gasteiger partial charge in [-0.05, 0) is 34.1 Å². The van der Waals surface area contributed by atoms with E-state index in [0.29, 0.717) is 19.0 Å². The maximum Gasteiger partial charge on any atom is 0.148 e. The molecular weight excluding hydrogens is 181 g/mol. The Kier molecular flexibility index (Phi) is 3.90. The minimum absolute atomic E-state index is 0.121. The normalized spacial score (nSPS) is 29.4. The molecule has 14 heavy (non-hydrogen) atoms. The highest BCUT2D eigenvalue weighted by Gasteiger charge is 2.39. The molecule has 2 nitrogen and oxygen atoms in total. The van der Waals surface area contributed by atoms with Gasteiger partial charge >= 0.3 is 0 Å². The standard InChI is InChI=1S/C11H22FNO/c1-9(2)13-6-5-11(12,7-13)8-14-10(3)4/h9-10H,5-8H2,1-4H3. The summed E-state index contributed by atoms with van der Waals surface area (Å²) in [5.74, 6) is 0. The van der Waals surface area contributed by atoms with Crippen LogP contribution in [0.2, 0.25) is 0 Å². The van der Waals surface area contributed by atoms with Crippen molar-refractivity contribution in [1.82, 2.24) is 4.90 Å². The lowest BCUT2D eigenvalue weighted by molar-refractivity contribution is -0.0103. The van der Waals surface area contributed by atoms with Gasteiger partial charge in [-0.15, -0.1) is 0 Å². The predicted molar refractivity (Wildman–Crippen MR) is 56.3 cm³/mol. The molecule has 0 aromatic rings. The number of alkyl halides is 1. The summed E-state index contributed by atoms with van der Waals surface area (Å²) in [6.07, 6.45) is 0.730. The number of hydrogen-bond donors (Lipinski definition) is 0. The van der Waals surface area contributed by atoms with Gasteiger partial charge in [0.15, 0.2) is 0 Å². The highest BCUT2D eigenvalue weighted by atomic mass is 19.1. The SMILES string of the molecule is CC(C)OCC1(F)CCN(C(C)C)C1. The lowest BCUT2D eigenvalue weighted by Crippen LogP contribution is -2.37. The van der Waals surface area contributed by atoms with Crippen molar-refractivity contribution in [3.8, 4) is 0 Å². The van der Waals surface area contributed by atoms with Crippen LogP contribution in [0.25, 0.3) is 0 Å². The predicted octanol–water partition coefficient (Wildman–Crippen LogP) is 2.23. The zero-order chi connectivity index (χ0) is 10.8. The Hall–Kier alpha value is -0.150. The second kappa shape index (κ2) is 4.58. The highest BCUT2D eigenvalue weighted by Crippen LogP contribution is 2.27. The quantitative estimate of drug-likeness (QED) is 0.694. The zero-order valence-electron chi connectivity index (χ0n) is 9.72. The van der Waals surface area contributed by atoms with Crippen molar-refractivity contribution in [2.45, 2.75) is 51.9 Å². The van der Waals surface area contributed by atoms with Gasteiger partial charge in [0.05, 0.1) is 12.7 Å². The van der Waals surface area contributed by atoms with E-state index in [9.17, 15) is 4.39 Å². The molecule has 0 saturated carbocycles. The van der Waals surface area contributed by atoms with Crippen LogP contribution in [0.3, 0.4) is 0 Å². The number of rotatable bonds is 4. The van der Waals surface area contributed by atoms with Crippen LogP contribution >= 0.6 is 0 Å². The number of nitrogens with zero attached hydrogens (tertiary/aromatic N) is 1. The third-order valence-corrected chi connectivity index (χ3v) is 2.74. The largest absolute Gasteiger partial charge is 0.375 e. The molecule has 1 heterocycles. The molecular formula is C11H22FNO. The Labute approximate surface area is 86.4 Å². The molecule has 0 aromatic heterocycles. The van der Waals surface area contributed by atoms with Crippen molar-refractivity contribution < 1.29 is 9.13 Å². The average molecular weight is 203 g/mol. The van der Waals surface area contributed by atoms with Gasteiger partial charge in [0.2, 0.25) is 0 Å². The van der Waals surface area contributed by atoms with Crippen LogP contribution < -0.4 is 0 Å². The van der Waals surface area contributed by atoms with Crippen LogP contribution in [-0.4, -0.2) is 42.4 Å².